The minimum Gasteiger partial charge on any atom is -0.330 e. The second-order valence-corrected chi connectivity index (χ2v) is 4.97. The zero-order valence-corrected chi connectivity index (χ0v) is 9.98. The quantitative estimate of drug-likeness (QED) is 0.765. The molecular formula is C10H11ClN2O2S. The first-order chi connectivity index (χ1) is 7.45. The molecule has 0 fully saturated rings. The molecule has 4 nitrogen and oxygen atoms in total. The van der Waals surface area contributed by atoms with Crippen molar-refractivity contribution in [2.45, 2.75) is 11.3 Å². The molecule has 0 heterocycles. The first-order valence-electron chi connectivity index (χ1n) is 4.46. The van der Waals surface area contributed by atoms with E-state index >= 15 is 0 Å². The van der Waals surface area contributed by atoms with E-state index in [1.807, 2.05) is 0 Å². The van der Waals surface area contributed by atoms with Crippen molar-refractivity contribution >= 4 is 21.6 Å². The largest absolute Gasteiger partial charge is 0.330 e. The van der Waals surface area contributed by atoms with Crippen molar-refractivity contribution in [1.82, 2.24) is 0 Å². The first kappa shape index (κ1) is 13.0. The van der Waals surface area contributed by atoms with Crippen LogP contribution in [0.4, 0.5) is 0 Å². The first-order valence-corrected chi connectivity index (χ1v) is 6.39. The van der Waals surface area contributed by atoms with Crippen LogP contribution in [0.25, 0.3) is 0 Å². The van der Waals surface area contributed by atoms with Gasteiger partial charge in [-0.25, -0.2) is 13.6 Å². The van der Waals surface area contributed by atoms with E-state index < -0.39 is 10.0 Å². The van der Waals surface area contributed by atoms with Gasteiger partial charge in [0, 0.05) is 18.5 Å². The molecule has 1 aromatic rings. The van der Waals surface area contributed by atoms with Crippen LogP contribution in [-0.2, 0) is 10.0 Å². The number of benzene rings is 1. The van der Waals surface area contributed by atoms with Gasteiger partial charge >= 0.3 is 0 Å². The molecule has 6 heteroatoms. The van der Waals surface area contributed by atoms with Crippen molar-refractivity contribution in [3.05, 3.63) is 28.8 Å². The van der Waals surface area contributed by atoms with Gasteiger partial charge < -0.3 is 5.73 Å². The summed E-state index contributed by atoms with van der Waals surface area (Å²) >= 11 is 5.78. The molecule has 0 unspecified atom stereocenters. The third-order valence-electron chi connectivity index (χ3n) is 1.74. The highest BCUT2D eigenvalue weighted by Gasteiger charge is 2.12. The van der Waals surface area contributed by atoms with Crippen LogP contribution in [0.1, 0.15) is 12.0 Å². The van der Waals surface area contributed by atoms with Gasteiger partial charge in [-0.3, -0.25) is 0 Å². The molecular weight excluding hydrogens is 248 g/mol. The molecule has 0 aliphatic rings. The number of hydrogen-bond donors (Lipinski definition) is 2. The van der Waals surface area contributed by atoms with Crippen molar-refractivity contribution in [3.63, 3.8) is 0 Å². The van der Waals surface area contributed by atoms with Gasteiger partial charge in [0.25, 0.3) is 0 Å². The van der Waals surface area contributed by atoms with E-state index in [9.17, 15) is 8.42 Å². The summed E-state index contributed by atoms with van der Waals surface area (Å²) in [5, 5.41) is 5.04. The minimum atomic E-state index is -3.78. The molecule has 0 amide bonds. The van der Waals surface area contributed by atoms with Crippen LogP contribution < -0.4 is 10.9 Å². The summed E-state index contributed by atoms with van der Waals surface area (Å²) in [7, 11) is -3.78. The van der Waals surface area contributed by atoms with Crippen molar-refractivity contribution in [2.24, 2.45) is 10.9 Å². The summed E-state index contributed by atoms with van der Waals surface area (Å²) in [6, 6.07) is 4.35. The lowest BCUT2D eigenvalue weighted by molar-refractivity contribution is 0.598. The molecule has 1 rings (SSSR count). The SMILES string of the molecule is NCCC#Cc1ccc(S(N)(=O)=O)c(Cl)c1. The van der Waals surface area contributed by atoms with Gasteiger partial charge in [0.2, 0.25) is 10.0 Å². The maximum absolute atomic E-state index is 11.1. The molecule has 0 saturated carbocycles. The topological polar surface area (TPSA) is 86.2 Å². The maximum Gasteiger partial charge on any atom is 0.239 e. The summed E-state index contributed by atoms with van der Waals surface area (Å²) in [4.78, 5) is -0.0986. The van der Waals surface area contributed by atoms with Crippen molar-refractivity contribution in [2.75, 3.05) is 6.54 Å². The molecule has 0 aliphatic carbocycles. The van der Waals surface area contributed by atoms with Crippen LogP contribution in [0.15, 0.2) is 23.1 Å². The third kappa shape index (κ3) is 3.51. The second kappa shape index (κ2) is 5.32. The van der Waals surface area contributed by atoms with Crippen LogP contribution in [-0.4, -0.2) is 15.0 Å². The molecule has 0 atom stereocenters. The lowest BCUT2D eigenvalue weighted by atomic mass is 10.2. The summed E-state index contributed by atoms with van der Waals surface area (Å²) in [5.74, 6) is 5.64. The fourth-order valence-electron chi connectivity index (χ4n) is 1.05. The van der Waals surface area contributed by atoms with Crippen LogP contribution in [0.3, 0.4) is 0 Å². The Labute approximate surface area is 99.6 Å². The van der Waals surface area contributed by atoms with Crippen molar-refractivity contribution < 1.29 is 8.42 Å². The smallest absolute Gasteiger partial charge is 0.239 e. The predicted octanol–water partition coefficient (Wildman–Crippen LogP) is 0.688. The van der Waals surface area contributed by atoms with Gasteiger partial charge in [0.15, 0.2) is 0 Å². The summed E-state index contributed by atoms with van der Waals surface area (Å²) in [6.07, 6.45) is 0.578. The average Bonchev–Trinajstić information content (AvgIpc) is 2.16. The average molecular weight is 259 g/mol. The molecule has 0 saturated heterocycles. The molecule has 0 aliphatic heterocycles. The molecule has 4 N–H and O–H groups in total. The van der Waals surface area contributed by atoms with Gasteiger partial charge in [-0.15, -0.1) is 0 Å². The highest BCUT2D eigenvalue weighted by Crippen LogP contribution is 2.20. The number of primary sulfonamides is 1. The van der Waals surface area contributed by atoms with E-state index in [-0.39, 0.29) is 9.92 Å². The second-order valence-electron chi connectivity index (χ2n) is 3.03. The van der Waals surface area contributed by atoms with Crippen LogP contribution >= 0.6 is 11.6 Å². The van der Waals surface area contributed by atoms with Gasteiger partial charge in [-0.1, -0.05) is 23.4 Å². The molecule has 0 spiro atoms. The Kier molecular flexibility index (Phi) is 4.33. The molecule has 0 radical (unpaired) electrons. The molecule has 16 heavy (non-hydrogen) atoms. The number of halogens is 1. The van der Waals surface area contributed by atoms with E-state index in [1.165, 1.54) is 12.1 Å². The Morgan fingerprint density at radius 2 is 2.06 bits per heavy atom. The summed E-state index contributed by atoms with van der Waals surface area (Å²) in [6.45, 7) is 0.482. The molecule has 1 aromatic carbocycles. The number of nitrogens with two attached hydrogens (primary N) is 2. The van der Waals surface area contributed by atoms with E-state index in [0.717, 1.165) is 0 Å². The van der Waals surface area contributed by atoms with Crippen LogP contribution in [0, 0.1) is 11.8 Å². The number of rotatable bonds is 2. The summed E-state index contributed by atoms with van der Waals surface area (Å²) in [5.41, 5.74) is 5.91. The highest BCUT2D eigenvalue weighted by molar-refractivity contribution is 7.89. The predicted molar refractivity (Wildman–Crippen MR) is 63.4 cm³/mol. The lowest BCUT2D eigenvalue weighted by Gasteiger charge is -2.01. The van der Waals surface area contributed by atoms with Crippen molar-refractivity contribution in [3.8, 4) is 11.8 Å². The number of sulfonamides is 1. The fraction of sp³-hybridized carbons (Fsp3) is 0.200. The van der Waals surface area contributed by atoms with Gasteiger partial charge in [0.1, 0.15) is 4.90 Å². The van der Waals surface area contributed by atoms with Gasteiger partial charge in [-0.05, 0) is 18.2 Å². The highest BCUT2D eigenvalue weighted by atomic mass is 35.5. The standard InChI is InChI=1S/C10H11ClN2O2S/c11-9-7-8(3-1-2-6-12)4-5-10(9)16(13,14)15/h4-5,7H,2,6,12H2,(H2,13,14,15). The molecule has 0 aromatic heterocycles. The van der Waals surface area contributed by atoms with E-state index in [2.05, 4.69) is 11.8 Å². The molecule has 0 bridgehead atoms. The zero-order chi connectivity index (χ0) is 12.2. The van der Waals surface area contributed by atoms with Crippen LogP contribution in [0.5, 0.6) is 0 Å². The van der Waals surface area contributed by atoms with E-state index in [1.54, 1.807) is 6.07 Å². The van der Waals surface area contributed by atoms with Gasteiger partial charge in [-0.2, -0.15) is 0 Å². The number of hydrogen-bond acceptors (Lipinski definition) is 3. The Balaban J connectivity index is 3.07. The van der Waals surface area contributed by atoms with Crippen LogP contribution in [0.2, 0.25) is 5.02 Å². The minimum absolute atomic E-state index is 0.0713. The monoisotopic (exact) mass is 258 g/mol. The third-order valence-corrected chi connectivity index (χ3v) is 3.13. The Morgan fingerprint density at radius 3 is 2.56 bits per heavy atom. The zero-order valence-electron chi connectivity index (χ0n) is 8.40. The molecule has 86 valence electrons. The van der Waals surface area contributed by atoms with E-state index in [0.29, 0.717) is 18.5 Å². The maximum atomic E-state index is 11.1. The van der Waals surface area contributed by atoms with E-state index in [4.69, 9.17) is 22.5 Å². The summed E-state index contributed by atoms with van der Waals surface area (Å²) < 4.78 is 22.1. The lowest BCUT2D eigenvalue weighted by Crippen LogP contribution is -2.12. The normalized spacial score (nSPS) is 10.7. The Hall–Kier alpha value is -1.06. The fourth-order valence-corrected chi connectivity index (χ4v) is 2.14. The van der Waals surface area contributed by atoms with Crippen molar-refractivity contribution in [1.29, 1.82) is 0 Å². The Bertz CT molecular complexity index is 544. The Morgan fingerprint density at radius 1 is 1.38 bits per heavy atom. The van der Waals surface area contributed by atoms with Gasteiger partial charge in [0.05, 0.1) is 5.02 Å².